The molecule has 0 spiro atoms. The van der Waals surface area contributed by atoms with Gasteiger partial charge < -0.3 is 18.6 Å². The zero-order valence-electron chi connectivity index (χ0n) is 14.3. The first-order valence-electron chi connectivity index (χ1n) is 8.29. The summed E-state index contributed by atoms with van der Waals surface area (Å²) >= 11 is 1.36. The molecule has 1 amide bonds. The Morgan fingerprint density at radius 3 is 2.81 bits per heavy atom. The van der Waals surface area contributed by atoms with Gasteiger partial charge in [0, 0.05) is 17.5 Å². The predicted molar refractivity (Wildman–Crippen MR) is 101 cm³/mol. The van der Waals surface area contributed by atoms with Crippen LogP contribution in [-0.4, -0.2) is 31.2 Å². The summed E-state index contributed by atoms with van der Waals surface area (Å²) in [5.74, 6) is 1.77. The summed E-state index contributed by atoms with van der Waals surface area (Å²) in [4.78, 5) is 17.0. The van der Waals surface area contributed by atoms with E-state index in [0.717, 1.165) is 15.6 Å². The molecule has 2 aromatic heterocycles. The van der Waals surface area contributed by atoms with Crippen LogP contribution in [0.1, 0.15) is 10.6 Å². The molecule has 2 aromatic carbocycles. The SMILES string of the molecule is COc1cccc2cc(C(=O)Nc3nc4cc5c(cc4s3)OCCO5)oc12. The highest BCUT2D eigenvalue weighted by Crippen LogP contribution is 2.38. The van der Waals surface area contributed by atoms with Gasteiger partial charge in [-0.1, -0.05) is 23.5 Å². The van der Waals surface area contributed by atoms with Crippen molar-refractivity contribution in [2.75, 3.05) is 25.6 Å². The average molecular weight is 382 g/mol. The lowest BCUT2D eigenvalue weighted by Crippen LogP contribution is -2.15. The quantitative estimate of drug-likeness (QED) is 0.575. The molecule has 27 heavy (non-hydrogen) atoms. The topological polar surface area (TPSA) is 82.8 Å². The van der Waals surface area contributed by atoms with Crippen LogP contribution < -0.4 is 19.5 Å². The number of amides is 1. The molecule has 0 bridgehead atoms. The minimum absolute atomic E-state index is 0.194. The monoisotopic (exact) mass is 382 g/mol. The van der Waals surface area contributed by atoms with Crippen LogP contribution >= 0.6 is 11.3 Å². The van der Waals surface area contributed by atoms with E-state index in [-0.39, 0.29) is 11.7 Å². The third-order valence-electron chi connectivity index (χ3n) is 4.22. The van der Waals surface area contributed by atoms with E-state index in [1.165, 1.54) is 11.3 Å². The summed E-state index contributed by atoms with van der Waals surface area (Å²) in [7, 11) is 1.56. The number of rotatable bonds is 3. The summed E-state index contributed by atoms with van der Waals surface area (Å²) in [5, 5.41) is 4.06. The second-order valence-corrected chi connectivity index (χ2v) is 6.96. The first-order valence-corrected chi connectivity index (χ1v) is 9.11. The Morgan fingerprint density at radius 2 is 2.00 bits per heavy atom. The van der Waals surface area contributed by atoms with Crippen molar-refractivity contribution in [3.05, 3.63) is 42.2 Å². The van der Waals surface area contributed by atoms with Crippen molar-refractivity contribution in [1.29, 1.82) is 0 Å². The van der Waals surface area contributed by atoms with E-state index in [1.807, 2.05) is 24.3 Å². The van der Waals surface area contributed by atoms with E-state index in [0.29, 0.717) is 41.2 Å². The Kier molecular flexibility index (Phi) is 3.64. The summed E-state index contributed by atoms with van der Waals surface area (Å²) in [6, 6.07) is 10.9. The molecule has 5 rings (SSSR count). The van der Waals surface area contributed by atoms with Crippen LogP contribution in [0.25, 0.3) is 21.2 Å². The number of carbonyl (C=O) groups is 1. The number of methoxy groups -OCH3 is 1. The lowest BCUT2D eigenvalue weighted by molar-refractivity contribution is 0.0998. The summed E-state index contributed by atoms with van der Waals surface area (Å²) < 4.78 is 23.0. The Balaban J connectivity index is 1.45. The highest BCUT2D eigenvalue weighted by atomic mass is 32.1. The molecule has 0 saturated carbocycles. The number of para-hydroxylation sites is 1. The van der Waals surface area contributed by atoms with Crippen molar-refractivity contribution in [1.82, 2.24) is 4.98 Å². The van der Waals surface area contributed by atoms with E-state index in [4.69, 9.17) is 18.6 Å². The molecule has 0 aliphatic carbocycles. The van der Waals surface area contributed by atoms with Crippen molar-refractivity contribution in [3.8, 4) is 17.2 Å². The van der Waals surface area contributed by atoms with Crippen LogP contribution in [0.2, 0.25) is 0 Å². The van der Waals surface area contributed by atoms with Gasteiger partial charge in [-0.25, -0.2) is 4.98 Å². The largest absolute Gasteiger partial charge is 0.493 e. The first-order chi connectivity index (χ1) is 13.2. The van der Waals surface area contributed by atoms with Crippen LogP contribution in [0.5, 0.6) is 17.2 Å². The van der Waals surface area contributed by atoms with Gasteiger partial charge in [0.05, 0.1) is 17.3 Å². The Hall–Kier alpha value is -3.26. The highest BCUT2D eigenvalue weighted by molar-refractivity contribution is 7.22. The molecular formula is C19H14N2O5S. The standard InChI is InChI=1S/C19H14N2O5S/c1-23-12-4-2-3-10-7-15(26-17(10)12)18(22)21-19-20-11-8-13-14(9-16(11)27-19)25-6-5-24-13/h2-4,7-9H,5-6H2,1H3,(H,20,21,22). The van der Waals surface area contributed by atoms with Crippen LogP contribution in [-0.2, 0) is 0 Å². The molecule has 4 aromatic rings. The fraction of sp³-hybridized carbons (Fsp3) is 0.158. The van der Waals surface area contributed by atoms with Gasteiger partial charge in [-0.15, -0.1) is 0 Å². The number of nitrogens with one attached hydrogen (secondary N) is 1. The minimum atomic E-state index is -0.371. The molecule has 0 unspecified atom stereocenters. The second-order valence-electron chi connectivity index (χ2n) is 5.93. The Morgan fingerprint density at radius 1 is 1.19 bits per heavy atom. The third kappa shape index (κ3) is 2.74. The molecular weight excluding hydrogens is 368 g/mol. The van der Waals surface area contributed by atoms with Crippen molar-refractivity contribution in [3.63, 3.8) is 0 Å². The van der Waals surface area contributed by atoms with Gasteiger partial charge in [0.25, 0.3) is 5.91 Å². The average Bonchev–Trinajstić information content (AvgIpc) is 3.28. The Bertz CT molecular complexity index is 1140. The lowest BCUT2D eigenvalue weighted by Gasteiger charge is -2.17. The van der Waals surface area contributed by atoms with Crippen molar-refractivity contribution >= 4 is 43.6 Å². The first kappa shape index (κ1) is 16.0. The second kappa shape index (κ2) is 6.17. The van der Waals surface area contributed by atoms with Gasteiger partial charge >= 0.3 is 0 Å². The number of anilines is 1. The molecule has 3 heterocycles. The van der Waals surface area contributed by atoms with Crippen molar-refractivity contribution in [2.45, 2.75) is 0 Å². The number of thiazole rings is 1. The van der Waals surface area contributed by atoms with E-state index < -0.39 is 0 Å². The van der Waals surface area contributed by atoms with Gasteiger partial charge in [0.15, 0.2) is 33.7 Å². The molecule has 0 atom stereocenters. The number of hydrogen-bond acceptors (Lipinski definition) is 7. The van der Waals surface area contributed by atoms with Crippen LogP contribution in [0.4, 0.5) is 5.13 Å². The molecule has 1 aliphatic rings. The maximum absolute atomic E-state index is 12.6. The number of nitrogens with zero attached hydrogens (tertiary/aromatic N) is 1. The number of hydrogen-bond donors (Lipinski definition) is 1. The van der Waals surface area contributed by atoms with Gasteiger partial charge in [-0.05, 0) is 12.1 Å². The maximum atomic E-state index is 12.6. The fourth-order valence-corrected chi connectivity index (χ4v) is 3.86. The smallest absolute Gasteiger partial charge is 0.293 e. The van der Waals surface area contributed by atoms with E-state index in [1.54, 1.807) is 19.2 Å². The molecule has 1 aliphatic heterocycles. The van der Waals surface area contributed by atoms with E-state index in [2.05, 4.69) is 10.3 Å². The molecule has 8 heteroatoms. The summed E-state index contributed by atoms with van der Waals surface area (Å²) in [6.45, 7) is 1.04. The van der Waals surface area contributed by atoms with Crippen LogP contribution in [0.15, 0.2) is 40.8 Å². The van der Waals surface area contributed by atoms with Gasteiger partial charge in [0.2, 0.25) is 0 Å². The molecule has 0 fully saturated rings. The van der Waals surface area contributed by atoms with Crippen molar-refractivity contribution < 1.29 is 23.4 Å². The van der Waals surface area contributed by atoms with E-state index in [9.17, 15) is 4.79 Å². The van der Waals surface area contributed by atoms with E-state index >= 15 is 0 Å². The number of carbonyl (C=O) groups excluding carboxylic acids is 1. The number of benzene rings is 2. The van der Waals surface area contributed by atoms with Gasteiger partial charge in [-0.3, -0.25) is 10.1 Å². The van der Waals surface area contributed by atoms with Crippen LogP contribution in [0, 0.1) is 0 Å². The molecule has 136 valence electrons. The molecule has 0 saturated heterocycles. The predicted octanol–water partition coefficient (Wildman–Crippen LogP) is 4.07. The summed E-state index contributed by atoms with van der Waals surface area (Å²) in [6.07, 6.45) is 0. The van der Waals surface area contributed by atoms with Crippen molar-refractivity contribution in [2.24, 2.45) is 0 Å². The maximum Gasteiger partial charge on any atom is 0.293 e. The normalized spacial score (nSPS) is 13.1. The number of ether oxygens (including phenoxy) is 3. The molecule has 7 nitrogen and oxygen atoms in total. The molecule has 0 radical (unpaired) electrons. The number of furan rings is 1. The number of fused-ring (bicyclic) bond motifs is 3. The lowest BCUT2D eigenvalue weighted by atomic mass is 10.2. The Labute approximate surface area is 157 Å². The van der Waals surface area contributed by atoms with Gasteiger partial charge in [-0.2, -0.15) is 0 Å². The third-order valence-corrected chi connectivity index (χ3v) is 5.16. The zero-order valence-corrected chi connectivity index (χ0v) is 15.1. The minimum Gasteiger partial charge on any atom is -0.493 e. The zero-order chi connectivity index (χ0) is 18.4. The van der Waals surface area contributed by atoms with Gasteiger partial charge in [0.1, 0.15) is 13.2 Å². The molecule has 1 N–H and O–H groups in total. The highest BCUT2D eigenvalue weighted by Gasteiger charge is 2.18. The fourth-order valence-electron chi connectivity index (χ4n) is 2.99. The summed E-state index contributed by atoms with van der Waals surface area (Å²) in [5.41, 5.74) is 1.28. The number of aromatic nitrogens is 1. The van der Waals surface area contributed by atoms with Crippen LogP contribution in [0.3, 0.4) is 0 Å².